The second-order valence-electron chi connectivity index (χ2n) is 6.88. The molecule has 1 fully saturated rings. The maximum Gasteiger partial charge on any atom is 0.272 e. The summed E-state index contributed by atoms with van der Waals surface area (Å²) in [6.07, 6.45) is 3.36. The average Bonchev–Trinajstić information content (AvgIpc) is 3.15. The van der Waals surface area contributed by atoms with Gasteiger partial charge in [0.2, 0.25) is 0 Å². The quantitative estimate of drug-likeness (QED) is 0.702. The number of hydrogen-bond acceptors (Lipinski definition) is 2. The fraction of sp³-hybridized carbons (Fsp3) is 0.273. The van der Waals surface area contributed by atoms with Gasteiger partial charge in [0.1, 0.15) is 5.69 Å². The number of rotatable bonds is 3. The van der Waals surface area contributed by atoms with E-state index in [1.54, 1.807) is 4.68 Å². The van der Waals surface area contributed by atoms with Gasteiger partial charge in [-0.05, 0) is 44.4 Å². The Hall–Kier alpha value is -2.88. The number of hydrogen-bond donors (Lipinski definition) is 0. The van der Waals surface area contributed by atoms with Crippen LogP contribution in [0.15, 0.2) is 60.7 Å². The molecule has 2 aromatic carbocycles. The molecule has 0 saturated carbocycles. The summed E-state index contributed by atoms with van der Waals surface area (Å²) in [7, 11) is 0. The van der Waals surface area contributed by atoms with Gasteiger partial charge in [0, 0.05) is 18.7 Å². The van der Waals surface area contributed by atoms with E-state index in [1.165, 1.54) is 12.0 Å². The molecule has 0 atom stereocenters. The first-order chi connectivity index (χ1) is 12.7. The molecule has 0 bridgehead atoms. The van der Waals surface area contributed by atoms with E-state index >= 15 is 0 Å². The molecule has 2 heterocycles. The first-order valence-electron chi connectivity index (χ1n) is 9.24. The fourth-order valence-electron chi connectivity index (χ4n) is 3.43. The number of amides is 1. The monoisotopic (exact) mass is 345 g/mol. The highest BCUT2D eigenvalue weighted by Gasteiger charge is 2.24. The molecule has 0 radical (unpaired) electrons. The van der Waals surface area contributed by atoms with Crippen LogP contribution in [0.4, 0.5) is 0 Å². The molecule has 1 aliphatic heterocycles. The van der Waals surface area contributed by atoms with Gasteiger partial charge in [-0.15, -0.1) is 0 Å². The van der Waals surface area contributed by atoms with Gasteiger partial charge >= 0.3 is 0 Å². The standard InChI is InChI=1S/C22H23N3O/c1-17-10-12-19(13-11-17)25-21(22(26)24-14-6-3-7-15-24)16-20(23-25)18-8-4-2-5-9-18/h2,4-5,8-13,16H,3,6-7,14-15H2,1H3. The lowest BCUT2D eigenvalue weighted by atomic mass is 10.1. The molecular weight excluding hydrogens is 322 g/mol. The van der Waals surface area contributed by atoms with Gasteiger partial charge in [-0.2, -0.15) is 5.10 Å². The lowest BCUT2D eigenvalue weighted by Crippen LogP contribution is -2.36. The Morgan fingerprint density at radius 2 is 1.62 bits per heavy atom. The van der Waals surface area contributed by atoms with Gasteiger partial charge in [-0.3, -0.25) is 4.79 Å². The molecule has 1 amide bonds. The topological polar surface area (TPSA) is 38.1 Å². The van der Waals surface area contributed by atoms with E-state index < -0.39 is 0 Å². The van der Waals surface area contributed by atoms with Crippen molar-refractivity contribution in [3.8, 4) is 16.9 Å². The summed E-state index contributed by atoms with van der Waals surface area (Å²) < 4.78 is 1.79. The molecule has 26 heavy (non-hydrogen) atoms. The summed E-state index contributed by atoms with van der Waals surface area (Å²) in [4.78, 5) is 15.1. The molecule has 0 spiro atoms. The van der Waals surface area contributed by atoms with Crippen LogP contribution in [0.3, 0.4) is 0 Å². The van der Waals surface area contributed by atoms with E-state index in [2.05, 4.69) is 6.92 Å². The number of carbonyl (C=O) groups excluding carboxylic acids is 1. The van der Waals surface area contributed by atoms with Gasteiger partial charge < -0.3 is 4.90 Å². The zero-order valence-electron chi connectivity index (χ0n) is 15.1. The molecule has 0 unspecified atom stereocenters. The highest BCUT2D eigenvalue weighted by molar-refractivity contribution is 5.94. The van der Waals surface area contributed by atoms with Gasteiger partial charge in [-0.25, -0.2) is 4.68 Å². The summed E-state index contributed by atoms with van der Waals surface area (Å²) in [5.41, 5.74) is 4.58. The van der Waals surface area contributed by atoms with Crippen LogP contribution in [-0.4, -0.2) is 33.7 Å². The number of aryl methyl sites for hydroxylation is 1. The minimum atomic E-state index is 0.0694. The van der Waals surface area contributed by atoms with E-state index in [0.717, 1.165) is 42.9 Å². The van der Waals surface area contributed by atoms with Crippen LogP contribution in [0.5, 0.6) is 0 Å². The van der Waals surface area contributed by atoms with Crippen LogP contribution in [0.1, 0.15) is 35.3 Å². The van der Waals surface area contributed by atoms with Crippen LogP contribution < -0.4 is 0 Å². The Bertz CT molecular complexity index is 891. The molecule has 4 heteroatoms. The van der Waals surface area contributed by atoms with E-state index in [-0.39, 0.29) is 5.91 Å². The van der Waals surface area contributed by atoms with E-state index in [9.17, 15) is 4.79 Å². The highest BCUT2D eigenvalue weighted by Crippen LogP contribution is 2.24. The van der Waals surface area contributed by atoms with Crippen molar-refractivity contribution in [2.45, 2.75) is 26.2 Å². The summed E-state index contributed by atoms with van der Waals surface area (Å²) in [6.45, 7) is 3.72. The van der Waals surface area contributed by atoms with Crippen molar-refractivity contribution in [1.29, 1.82) is 0 Å². The number of nitrogens with zero attached hydrogens (tertiary/aromatic N) is 3. The number of benzene rings is 2. The molecule has 3 aromatic rings. The van der Waals surface area contributed by atoms with Gasteiger partial charge in [-0.1, -0.05) is 48.0 Å². The van der Waals surface area contributed by atoms with Crippen molar-refractivity contribution < 1.29 is 4.79 Å². The van der Waals surface area contributed by atoms with Crippen LogP contribution in [0.25, 0.3) is 16.9 Å². The third kappa shape index (κ3) is 3.27. The maximum atomic E-state index is 13.2. The lowest BCUT2D eigenvalue weighted by molar-refractivity contribution is 0.0715. The first-order valence-corrected chi connectivity index (χ1v) is 9.24. The van der Waals surface area contributed by atoms with E-state index in [0.29, 0.717) is 5.69 Å². The summed E-state index contributed by atoms with van der Waals surface area (Å²) in [5.74, 6) is 0.0694. The Morgan fingerprint density at radius 3 is 2.31 bits per heavy atom. The minimum absolute atomic E-state index is 0.0694. The second kappa shape index (κ2) is 7.16. The third-order valence-corrected chi connectivity index (χ3v) is 4.92. The molecule has 0 aliphatic carbocycles. The van der Waals surface area contributed by atoms with E-state index in [4.69, 9.17) is 5.10 Å². The predicted octanol–water partition coefficient (Wildman–Crippen LogP) is 4.47. The first kappa shape index (κ1) is 16.6. The van der Waals surface area contributed by atoms with Gasteiger partial charge in [0.05, 0.1) is 11.4 Å². The van der Waals surface area contributed by atoms with Crippen LogP contribution in [0, 0.1) is 6.92 Å². The van der Waals surface area contributed by atoms with Crippen LogP contribution in [-0.2, 0) is 0 Å². The molecule has 1 aliphatic rings. The second-order valence-corrected chi connectivity index (χ2v) is 6.88. The van der Waals surface area contributed by atoms with Crippen molar-refractivity contribution >= 4 is 5.91 Å². The SMILES string of the molecule is Cc1ccc(-n2nc(-c3ccccc3)cc2C(=O)N2CCCCC2)cc1. The van der Waals surface area contributed by atoms with Gasteiger partial charge in [0.15, 0.2) is 0 Å². The van der Waals surface area contributed by atoms with Crippen molar-refractivity contribution in [2.24, 2.45) is 0 Å². The minimum Gasteiger partial charge on any atom is -0.337 e. The molecule has 132 valence electrons. The highest BCUT2D eigenvalue weighted by atomic mass is 16.2. The summed E-state index contributed by atoms with van der Waals surface area (Å²) in [6, 6.07) is 20.1. The fourth-order valence-corrected chi connectivity index (χ4v) is 3.43. The third-order valence-electron chi connectivity index (χ3n) is 4.92. The Kier molecular flexibility index (Phi) is 4.57. The summed E-state index contributed by atoms with van der Waals surface area (Å²) in [5, 5.41) is 4.77. The van der Waals surface area contributed by atoms with Crippen molar-refractivity contribution in [3.05, 3.63) is 71.9 Å². The number of aromatic nitrogens is 2. The molecule has 1 saturated heterocycles. The number of piperidine rings is 1. The normalized spacial score (nSPS) is 14.4. The Balaban J connectivity index is 1.78. The lowest BCUT2D eigenvalue weighted by Gasteiger charge is -2.26. The van der Waals surface area contributed by atoms with Crippen molar-refractivity contribution in [2.75, 3.05) is 13.1 Å². The molecule has 0 N–H and O–H groups in total. The number of carbonyl (C=O) groups is 1. The Morgan fingerprint density at radius 1 is 0.923 bits per heavy atom. The molecule has 4 rings (SSSR count). The van der Waals surface area contributed by atoms with Crippen molar-refractivity contribution in [3.63, 3.8) is 0 Å². The molecule has 1 aromatic heterocycles. The maximum absolute atomic E-state index is 13.2. The summed E-state index contributed by atoms with van der Waals surface area (Å²) >= 11 is 0. The molecular formula is C22H23N3O. The predicted molar refractivity (Wildman–Crippen MR) is 103 cm³/mol. The van der Waals surface area contributed by atoms with Crippen LogP contribution in [0.2, 0.25) is 0 Å². The zero-order chi connectivity index (χ0) is 17.9. The average molecular weight is 345 g/mol. The van der Waals surface area contributed by atoms with E-state index in [1.807, 2.05) is 65.6 Å². The number of likely N-dealkylation sites (tertiary alicyclic amines) is 1. The van der Waals surface area contributed by atoms with Crippen molar-refractivity contribution in [1.82, 2.24) is 14.7 Å². The zero-order valence-corrected chi connectivity index (χ0v) is 15.1. The molecule has 4 nitrogen and oxygen atoms in total. The van der Waals surface area contributed by atoms with Gasteiger partial charge in [0.25, 0.3) is 5.91 Å². The smallest absolute Gasteiger partial charge is 0.272 e. The van der Waals surface area contributed by atoms with Crippen LogP contribution >= 0.6 is 0 Å². The largest absolute Gasteiger partial charge is 0.337 e. The Labute approximate surface area is 154 Å².